The first-order valence-electron chi connectivity index (χ1n) is 9.09. The van der Waals surface area contributed by atoms with Crippen LogP contribution >= 0.6 is 0 Å². The second-order valence-electron chi connectivity index (χ2n) is 6.81. The zero-order valence-corrected chi connectivity index (χ0v) is 14.8. The number of carbonyl (C=O) groups excluding carboxylic acids is 1. The Kier molecular flexibility index (Phi) is 4.25. The van der Waals surface area contributed by atoms with Crippen LogP contribution in [-0.2, 0) is 19.4 Å². The van der Waals surface area contributed by atoms with Gasteiger partial charge in [-0.2, -0.15) is 5.10 Å². The van der Waals surface area contributed by atoms with Crippen LogP contribution in [0.15, 0.2) is 6.20 Å². The summed E-state index contributed by atoms with van der Waals surface area (Å²) in [5.74, 6) is 0.759. The number of nitrogens with zero attached hydrogens (tertiary/aromatic N) is 4. The molecule has 0 bridgehead atoms. The third-order valence-electron chi connectivity index (χ3n) is 5.31. The van der Waals surface area contributed by atoms with E-state index in [1.54, 1.807) is 0 Å². The first-order chi connectivity index (χ1) is 12.2. The fraction of sp³-hybridized carbons (Fsp3) is 0.556. The fourth-order valence-corrected chi connectivity index (χ4v) is 3.81. The third-order valence-corrected chi connectivity index (χ3v) is 5.31. The third kappa shape index (κ3) is 2.82. The van der Waals surface area contributed by atoms with Crippen molar-refractivity contribution in [3.05, 3.63) is 40.2 Å². The van der Waals surface area contributed by atoms with Crippen molar-refractivity contribution in [2.75, 3.05) is 13.1 Å². The molecule has 4 heterocycles. The van der Waals surface area contributed by atoms with E-state index >= 15 is 0 Å². The van der Waals surface area contributed by atoms with E-state index in [9.17, 15) is 4.79 Å². The molecule has 1 fully saturated rings. The second kappa shape index (κ2) is 6.55. The number of aromatic amines is 1. The molecule has 1 amide bonds. The molecule has 0 aliphatic carbocycles. The van der Waals surface area contributed by atoms with Gasteiger partial charge in [-0.25, -0.2) is 9.97 Å². The second-order valence-corrected chi connectivity index (χ2v) is 6.81. The van der Waals surface area contributed by atoms with Crippen LogP contribution in [0.25, 0.3) is 0 Å². The lowest BCUT2D eigenvalue weighted by Crippen LogP contribution is -2.33. The van der Waals surface area contributed by atoms with E-state index < -0.39 is 0 Å². The summed E-state index contributed by atoms with van der Waals surface area (Å²) in [7, 11) is 0. The Morgan fingerprint density at radius 1 is 1.44 bits per heavy atom. The minimum atomic E-state index is -0.0473. The van der Waals surface area contributed by atoms with Crippen LogP contribution in [-0.4, -0.2) is 44.1 Å². The van der Waals surface area contributed by atoms with Gasteiger partial charge in [0, 0.05) is 54.8 Å². The van der Waals surface area contributed by atoms with E-state index in [1.807, 2.05) is 18.0 Å². The number of amides is 1. The lowest BCUT2D eigenvalue weighted by atomic mass is 10.1. The van der Waals surface area contributed by atoms with Gasteiger partial charge in [-0.05, 0) is 26.2 Å². The molecule has 2 aromatic rings. The highest BCUT2D eigenvalue weighted by Gasteiger charge is 2.34. The SMILES string of the molecule is CCc1[nH]nc(C(=O)N2CCCC2c2ncc3c(n2)CCNC3)c1C. The van der Waals surface area contributed by atoms with Crippen LogP contribution in [0.1, 0.15) is 64.6 Å². The van der Waals surface area contributed by atoms with Crippen LogP contribution in [0.3, 0.4) is 0 Å². The molecule has 2 aliphatic rings. The van der Waals surface area contributed by atoms with Gasteiger partial charge in [0.2, 0.25) is 0 Å². The average molecular weight is 340 g/mol. The van der Waals surface area contributed by atoms with E-state index in [2.05, 4.69) is 27.4 Å². The number of aromatic nitrogens is 4. The largest absolute Gasteiger partial charge is 0.327 e. The van der Waals surface area contributed by atoms with Crippen LogP contribution in [0.2, 0.25) is 0 Å². The van der Waals surface area contributed by atoms with E-state index in [4.69, 9.17) is 4.98 Å². The Bertz CT molecular complexity index is 799. The Morgan fingerprint density at radius 2 is 2.32 bits per heavy atom. The lowest BCUT2D eigenvalue weighted by Gasteiger charge is -2.24. The molecular weight excluding hydrogens is 316 g/mol. The van der Waals surface area contributed by atoms with E-state index in [0.717, 1.165) is 68.1 Å². The number of carbonyl (C=O) groups is 1. The molecule has 7 nitrogen and oxygen atoms in total. The van der Waals surface area contributed by atoms with Crippen LogP contribution < -0.4 is 5.32 Å². The number of hydrogen-bond acceptors (Lipinski definition) is 5. The van der Waals surface area contributed by atoms with E-state index in [0.29, 0.717) is 5.69 Å². The zero-order valence-electron chi connectivity index (χ0n) is 14.8. The van der Waals surface area contributed by atoms with Gasteiger partial charge in [-0.1, -0.05) is 6.92 Å². The van der Waals surface area contributed by atoms with Gasteiger partial charge in [-0.15, -0.1) is 0 Å². The highest BCUT2D eigenvalue weighted by atomic mass is 16.2. The van der Waals surface area contributed by atoms with Gasteiger partial charge >= 0.3 is 0 Å². The van der Waals surface area contributed by atoms with Crippen molar-refractivity contribution in [1.29, 1.82) is 0 Å². The first kappa shape index (κ1) is 16.2. The molecular formula is C18H24N6O. The molecule has 0 saturated carbocycles. The number of H-pyrrole nitrogens is 1. The zero-order chi connectivity index (χ0) is 17.4. The number of hydrogen-bond donors (Lipinski definition) is 2. The van der Waals surface area contributed by atoms with Crippen molar-refractivity contribution in [1.82, 2.24) is 30.4 Å². The highest BCUT2D eigenvalue weighted by Crippen LogP contribution is 2.32. The standard InChI is InChI=1S/C18H24N6O/c1-3-13-11(2)16(23-22-13)18(25)24-8-4-5-15(24)17-20-10-12-9-19-7-6-14(12)21-17/h10,15,19H,3-9H2,1-2H3,(H,22,23). The predicted molar refractivity (Wildman–Crippen MR) is 93.2 cm³/mol. The van der Waals surface area contributed by atoms with Gasteiger partial charge in [0.25, 0.3) is 5.91 Å². The molecule has 2 N–H and O–H groups in total. The van der Waals surface area contributed by atoms with Crippen molar-refractivity contribution < 1.29 is 4.79 Å². The predicted octanol–water partition coefficient (Wildman–Crippen LogP) is 1.69. The summed E-state index contributed by atoms with van der Waals surface area (Å²) >= 11 is 0. The average Bonchev–Trinajstić information content (AvgIpc) is 3.27. The molecule has 0 radical (unpaired) electrons. The lowest BCUT2D eigenvalue weighted by molar-refractivity contribution is 0.0722. The van der Waals surface area contributed by atoms with Gasteiger partial charge in [0.15, 0.2) is 11.5 Å². The molecule has 2 aliphatic heterocycles. The quantitative estimate of drug-likeness (QED) is 0.888. The summed E-state index contributed by atoms with van der Waals surface area (Å²) in [5.41, 5.74) is 4.80. The minimum absolute atomic E-state index is 0.0149. The number of likely N-dealkylation sites (tertiary alicyclic amines) is 1. The molecule has 1 saturated heterocycles. The normalized spacial score (nSPS) is 19.9. The van der Waals surface area contributed by atoms with E-state index in [-0.39, 0.29) is 11.9 Å². The summed E-state index contributed by atoms with van der Waals surface area (Å²) in [6.07, 6.45) is 5.57. The Morgan fingerprint density at radius 3 is 3.12 bits per heavy atom. The van der Waals surface area contributed by atoms with Gasteiger partial charge in [0.05, 0.1) is 6.04 Å². The number of rotatable bonds is 3. The van der Waals surface area contributed by atoms with Crippen molar-refractivity contribution in [3.63, 3.8) is 0 Å². The Balaban J connectivity index is 1.62. The van der Waals surface area contributed by atoms with Crippen LogP contribution in [0, 0.1) is 6.92 Å². The maximum Gasteiger partial charge on any atom is 0.275 e. The summed E-state index contributed by atoms with van der Waals surface area (Å²) in [5, 5.41) is 10.6. The monoisotopic (exact) mass is 340 g/mol. The number of nitrogens with one attached hydrogen (secondary N) is 2. The fourth-order valence-electron chi connectivity index (χ4n) is 3.81. The summed E-state index contributed by atoms with van der Waals surface area (Å²) in [6.45, 7) is 6.53. The van der Waals surface area contributed by atoms with Gasteiger partial charge in [0.1, 0.15) is 0 Å². The van der Waals surface area contributed by atoms with Crippen molar-refractivity contribution in [2.45, 2.75) is 52.1 Å². The van der Waals surface area contributed by atoms with Crippen LogP contribution in [0.4, 0.5) is 0 Å². The number of aryl methyl sites for hydroxylation is 1. The molecule has 4 rings (SSSR count). The molecule has 132 valence electrons. The molecule has 1 unspecified atom stereocenters. The van der Waals surface area contributed by atoms with Crippen molar-refractivity contribution in [3.8, 4) is 0 Å². The maximum absolute atomic E-state index is 13.0. The van der Waals surface area contributed by atoms with Crippen LogP contribution in [0.5, 0.6) is 0 Å². The molecule has 1 atom stereocenters. The first-order valence-corrected chi connectivity index (χ1v) is 9.09. The smallest absolute Gasteiger partial charge is 0.275 e. The molecule has 2 aromatic heterocycles. The van der Waals surface area contributed by atoms with Crippen molar-refractivity contribution >= 4 is 5.91 Å². The topological polar surface area (TPSA) is 86.8 Å². The highest BCUT2D eigenvalue weighted by molar-refractivity contribution is 5.94. The molecule has 0 spiro atoms. The maximum atomic E-state index is 13.0. The minimum Gasteiger partial charge on any atom is -0.327 e. The summed E-state index contributed by atoms with van der Waals surface area (Å²) in [6, 6.07) is -0.0473. The van der Waals surface area contributed by atoms with Gasteiger partial charge in [-0.3, -0.25) is 9.89 Å². The summed E-state index contributed by atoms with van der Waals surface area (Å²) < 4.78 is 0. The molecule has 7 heteroatoms. The Labute approximate surface area is 147 Å². The Hall–Kier alpha value is -2.28. The molecule has 0 aromatic carbocycles. The van der Waals surface area contributed by atoms with Crippen molar-refractivity contribution in [2.24, 2.45) is 0 Å². The van der Waals surface area contributed by atoms with Gasteiger partial charge < -0.3 is 10.2 Å². The summed E-state index contributed by atoms with van der Waals surface area (Å²) in [4.78, 5) is 24.3. The molecule has 25 heavy (non-hydrogen) atoms. The number of fused-ring (bicyclic) bond motifs is 1. The van der Waals surface area contributed by atoms with E-state index in [1.165, 1.54) is 5.56 Å².